The van der Waals surface area contributed by atoms with Crippen LogP contribution in [-0.2, 0) is 14.4 Å². The number of para-hydroxylation sites is 1. The number of benzene rings is 3. The van der Waals surface area contributed by atoms with Crippen LogP contribution >= 0.6 is 11.8 Å². The highest BCUT2D eigenvalue weighted by Gasteiger charge is 2.75. The number of anilines is 2. The molecule has 2 bridgehead atoms. The number of nitrogens with zero attached hydrogens (tertiary/aromatic N) is 1. The van der Waals surface area contributed by atoms with Gasteiger partial charge in [-0.3, -0.25) is 14.4 Å². The first kappa shape index (κ1) is 25.9. The van der Waals surface area contributed by atoms with Gasteiger partial charge in [-0.2, -0.15) is 0 Å². The average molecular weight is 544 g/mol. The molecule has 7 nitrogen and oxygen atoms in total. The van der Waals surface area contributed by atoms with Gasteiger partial charge in [-0.15, -0.1) is 11.8 Å². The number of hydrogen-bond acceptors (Lipinski definition) is 5. The lowest BCUT2D eigenvalue weighted by atomic mass is 9.66. The molecule has 3 aromatic rings. The van der Waals surface area contributed by atoms with Crippen molar-refractivity contribution in [2.24, 2.45) is 17.8 Å². The van der Waals surface area contributed by atoms with E-state index in [9.17, 15) is 19.5 Å². The van der Waals surface area contributed by atoms with Gasteiger partial charge in [0, 0.05) is 29.8 Å². The molecule has 6 rings (SSSR count). The first-order chi connectivity index (χ1) is 18.9. The fourth-order valence-electron chi connectivity index (χ4n) is 6.98. The second-order valence-corrected chi connectivity index (χ2v) is 12.5. The molecular formula is C31H33N3O4S. The highest BCUT2D eigenvalue weighted by atomic mass is 32.2. The van der Waals surface area contributed by atoms with Gasteiger partial charge in [-0.1, -0.05) is 55.5 Å². The second kappa shape index (κ2) is 10.3. The highest BCUT2D eigenvalue weighted by Crippen LogP contribution is 2.68. The molecule has 1 spiro atoms. The predicted octanol–water partition coefficient (Wildman–Crippen LogP) is 4.53. The molecule has 39 heavy (non-hydrogen) atoms. The van der Waals surface area contributed by atoms with E-state index < -0.39 is 22.6 Å². The van der Waals surface area contributed by atoms with E-state index in [0.717, 1.165) is 17.2 Å². The Morgan fingerprint density at radius 2 is 1.67 bits per heavy atom. The monoisotopic (exact) mass is 543 g/mol. The molecule has 3 aliphatic rings. The minimum Gasteiger partial charge on any atom is -0.396 e. The van der Waals surface area contributed by atoms with Crippen LogP contribution in [0.1, 0.15) is 26.2 Å². The van der Waals surface area contributed by atoms with Crippen LogP contribution in [0.25, 0.3) is 10.8 Å². The van der Waals surface area contributed by atoms with Crippen LogP contribution in [0, 0.1) is 17.8 Å². The Balaban J connectivity index is 1.33. The molecule has 0 aliphatic carbocycles. The summed E-state index contributed by atoms with van der Waals surface area (Å²) >= 11 is 1.67. The van der Waals surface area contributed by atoms with Crippen LogP contribution in [0.2, 0.25) is 0 Å². The van der Waals surface area contributed by atoms with Crippen molar-refractivity contribution in [3.8, 4) is 0 Å². The van der Waals surface area contributed by atoms with Gasteiger partial charge < -0.3 is 20.6 Å². The SMILES string of the molecule is CC1C[C@@H]2SC13C(C(=O)Nc1ccc4ccccc4c1)N(CCCCO)C(=O)[C@@H]3[C@@H]2C(=O)Nc1ccccc1. The summed E-state index contributed by atoms with van der Waals surface area (Å²) in [5, 5.41) is 17.6. The maximum absolute atomic E-state index is 14.1. The zero-order valence-corrected chi connectivity index (χ0v) is 22.7. The van der Waals surface area contributed by atoms with Crippen molar-refractivity contribution in [3.05, 3.63) is 72.8 Å². The summed E-state index contributed by atoms with van der Waals surface area (Å²) in [7, 11) is 0. The third kappa shape index (κ3) is 4.30. The van der Waals surface area contributed by atoms with Crippen LogP contribution in [0.15, 0.2) is 72.8 Å². The Morgan fingerprint density at radius 1 is 0.949 bits per heavy atom. The summed E-state index contributed by atoms with van der Waals surface area (Å²) in [6, 6.07) is 22.4. The molecule has 3 aliphatic heterocycles. The Bertz CT molecular complexity index is 1420. The topological polar surface area (TPSA) is 98.7 Å². The molecule has 3 fully saturated rings. The van der Waals surface area contributed by atoms with Crippen molar-refractivity contribution in [1.82, 2.24) is 4.90 Å². The molecule has 202 valence electrons. The van der Waals surface area contributed by atoms with E-state index in [1.165, 1.54) is 0 Å². The van der Waals surface area contributed by atoms with Crippen molar-refractivity contribution in [2.45, 2.75) is 42.2 Å². The average Bonchev–Trinajstić information content (AvgIpc) is 3.53. The minimum atomic E-state index is -0.695. The van der Waals surface area contributed by atoms with E-state index in [-0.39, 0.29) is 35.5 Å². The lowest BCUT2D eigenvalue weighted by Crippen LogP contribution is -2.54. The van der Waals surface area contributed by atoms with Gasteiger partial charge in [0.05, 0.1) is 16.6 Å². The van der Waals surface area contributed by atoms with E-state index in [0.29, 0.717) is 30.8 Å². The third-order valence-corrected chi connectivity index (χ3v) is 10.7. The van der Waals surface area contributed by atoms with E-state index in [2.05, 4.69) is 17.6 Å². The van der Waals surface area contributed by atoms with E-state index in [1.807, 2.05) is 72.8 Å². The quantitative estimate of drug-likeness (QED) is 0.363. The number of unbranched alkanes of at least 4 members (excludes halogenated alkanes) is 1. The zero-order chi connectivity index (χ0) is 27.1. The Hall–Kier alpha value is -3.36. The summed E-state index contributed by atoms with van der Waals surface area (Å²) < 4.78 is -0.680. The van der Waals surface area contributed by atoms with E-state index >= 15 is 0 Å². The van der Waals surface area contributed by atoms with Crippen LogP contribution in [0.5, 0.6) is 0 Å². The summed E-state index contributed by atoms with van der Waals surface area (Å²) in [5.74, 6) is -1.47. The first-order valence-electron chi connectivity index (χ1n) is 13.7. The van der Waals surface area contributed by atoms with Crippen molar-refractivity contribution in [1.29, 1.82) is 0 Å². The van der Waals surface area contributed by atoms with Crippen molar-refractivity contribution in [3.63, 3.8) is 0 Å². The molecule has 0 saturated carbocycles. The molecule has 8 heteroatoms. The fraction of sp³-hybridized carbons (Fsp3) is 0.387. The largest absolute Gasteiger partial charge is 0.396 e. The van der Waals surface area contributed by atoms with Gasteiger partial charge in [0.25, 0.3) is 0 Å². The lowest BCUT2D eigenvalue weighted by Gasteiger charge is -2.38. The highest BCUT2D eigenvalue weighted by molar-refractivity contribution is 8.02. The number of rotatable bonds is 8. The Kier molecular flexibility index (Phi) is 6.85. The number of aliphatic hydroxyl groups is 1. The third-order valence-electron chi connectivity index (χ3n) is 8.66. The normalized spacial score (nSPS) is 29.0. The summed E-state index contributed by atoms with van der Waals surface area (Å²) in [6.45, 7) is 2.52. The van der Waals surface area contributed by atoms with Gasteiger partial charge in [0.1, 0.15) is 6.04 Å². The van der Waals surface area contributed by atoms with Crippen molar-refractivity contribution >= 4 is 51.6 Å². The first-order valence-corrected chi connectivity index (χ1v) is 14.6. The predicted molar refractivity (Wildman–Crippen MR) is 154 cm³/mol. The molecule has 3 aromatic carbocycles. The van der Waals surface area contributed by atoms with Gasteiger partial charge in [-0.05, 0) is 60.2 Å². The van der Waals surface area contributed by atoms with Gasteiger partial charge in [0.15, 0.2) is 0 Å². The molecular weight excluding hydrogens is 510 g/mol. The minimum absolute atomic E-state index is 0.0202. The number of nitrogens with one attached hydrogen (secondary N) is 2. The maximum Gasteiger partial charge on any atom is 0.248 e. The maximum atomic E-state index is 14.1. The number of fused-ring (bicyclic) bond motifs is 2. The number of likely N-dealkylation sites (tertiary alicyclic amines) is 1. The van der Waals surface area contributed by atoms with E-state index in [4.69, 9.17) is 0 Å². The Morgan fingerprint density at radius 3 is 2.44 bits per heavy atom. The molecule has 3 heterocycles. The fourth-order valence-corrected chi connectivity index (χ4v) is 9.40. The molecule has 3 amide bonds. The molecule has 0 radical (unpaired) electrons. The van der Waals surface area contributed by atoms with Crippen LogP contribution < -0.4 is 10.6 Å². The molecule has 3 saturated heterocycles. The molecule has 3 N–H and O–H groups in total. The zero-order valence-electron chi connectivity index (χ0n) is 21.9. The lowest BCUT2D eigenvalue weighted by molar-refractivity contribution is -0.138. The standard InChI is InChI=1S/C31H33N3O4S/c1-19-17-24-25(28(36)32-22-11-3-2-4-12-22)26-30(38)34(15-7-8-16-35)27(31(19,26)39-24)29(37)33-23-14-13-20-9-5-6-10-21(20)18-23/h2-6,9-14,18-19,24-27,35H,7-8,15-17H2,1H3,(H,32,36)(H,33,37)/t19?,24-,25+,26-,27?,31?/m0/s1. The molecule has 3 unspecified atom stereocenters. The molecule has 6 atom stereocenters. The van der Waals surface area contributed by atoms with Crippen molar-refractivity contribution < 1.29 is 19.5 Å². The number of hydrogen-bond donors (Lipinski definition) is 3. The van der Waals surface area contributed by atoms with E-state index in [1.54, 1.807) is 16.7 Å². The van der Waals surface area contributed by atoms with Crippen LogP contribution in [0.3, 0.4) is 0 Å². The summed E-state index contributed by atoms with van der Waals surface area (Å²) in [6.07, 6.45) is 1.92. The van der Waals surface area contributed by atoms with Crippen LogP contribution in [0.4, 0.5) is 11.4 Å². The van der Waals surface area contributed by atoms with Gasteiger partial charge in [0.2, 0.25) is 17.7 Å². The molecule has 0 aromatic heterocycles. The van der Waals surface area contributed by atoms with Gasteiger partial charge >= 0.3 is 0 Å². The van der Waals surface area contributed by atoms with Crippen molar-refractivity contribution in [2.75, 3.05) is 23.8 Å². The number of carbonyl (C=O) groups is 3. The van der Waals surface area contributed by atoms with Gasteiger partial charge in [-0.25, -0.2) is 0 Å². The smallest absolute Gasteiger partial charge is 0.248 e. The second-order valence-electron chi connectivity index (χ2n) is 10.9. The van der Waals surface area contributed by atoms with Crippen LogP contribution in [-0.4, -0.2) is 56.9 Å². The number of carbonyl (C=O) groups excluding carboxylic acids is 3. The summed E-state index contributed by atoms with van der Waals surface area (Å²) in [4.78, 5) is 43.5. The number of aliphatic hydroxyl groups excluding tert-OH is 1. The number of thioether (sulfide) groups is 1. The summed E-state index contributed by atoms with van der Waals surface area (Å²) in [5.41, 5.74) is 1.39. The number of amides is 3. The Labute approximate surface area is 232 Å².